The summed E-state index contributed by atoms with van der Waals surface area (Å²) in [4.78, 5) is 37.1. The quantitative estimate of drug-likeness (QED) is 0.600. The van der Waals surface area contributed by atoms with Gasteiger partial charge in [-0.2, -0.15) is 0 Å². The number of aromatic amines is 1. The first-order valence-corrected chi connectivity index (χ1v) is 7.23. The fraction of sp³-hybridized carbons (Fsp3) is 0.308. The van der Waals surface area contributed by atoms with Crippen LogP contribution in [0.3, 0.4) is 0 Å². The highest BCUT2D eigenvalue weighted by Gasteiger charge is 2.18. The summed E-state index contributed by atoms with van der Waals surface area (Å²) < 4.78 is 0.399. The lowest BCUT2D eigenvalue weighted by Gasteiger charge is -2.10. The molecule has 0 spiro atoms. The van der Waals surface area contributed by atoms with Crippen molar-refractivity contribution in [3.05, 3.63) is 27.2 Å². The second-order valence-electron chi connectivity index (χ2n) is 4.44. The third kappa shape index (κ3) is 3.40. The van der Waals surface area contributed by atoms with Gasteiger partial charge in [0.1, 0.15) is 11.4 Å². The second-order valence-corrected chi connectivity index (χ2v) is 5.35. The van der Waals surface area contributed by atoms with Crippen LogP contribution in [0.5, 0.6) is 0 Å². The van der Waals surface area contributed by atoms with E-state index in [2.05, 4.69) is 15.6 Å². The Morgan fingerprint density at radius 3 is 2.81 bits per heavy atom. The van der Waals surface area contributed by atoms with E-state index < -0.39 is 11.4 Å². The van der Waals surface area contributed by atoms with Crippen molar-refractivity contribution in [2.45, 2.75) is 13.3 Å². The van der Waals surface area contributed by atoms with Gasteiger partial charge in [0, 0.05) is 20.0 Å². The summed E-state index contributed by atoms with van der Waals surface area (Å²) in [5, 5.41) is 16.5. The molecule has 2 rings (SSSR count). The fourth-order valence-electron chi connectivity index (χ4n) is 1.91. The van der Waals surface area contributed by atoms with Crippen LogP contribution in [0.2, 0.25) is 0 Å². The number of nitrogens with one attached hydrogen (secondary N) is 3. The highest BCUT2D eigenvalue weighted by atomic mass is 32.1. The number of fused-ring (bicyclic) bond motifs is 1. The number of carboxylic acid groups (broad SMARTS) is 1. The molecular formula is C13H15N3O4S. The molecule has 1 amide bonds. The normalized spacial score (nSPS) is 10.5. The van der Waals surface area contributed by atoms with Gasteiger partial charge >= 0.3 is 5.97 Å². The average Bonchev–Trinajstić information content (AvgIpc) is 2.86. The molecule has 0 aliphatic rings. The topological polar surface area (TPSA) is 111 Å². The Morgan fingerprint density at radius 2 is 2.14 bits per heavy atom. The van der Waals surface area contributed by atoms with Gasteiger partial charge in [0.05, 0.1) is 10.2 Å². The van der Waals surface area contributed by atoms with Gasteiger partial charge in [0.15, 0.2) is 0 Å². The van der Waals surface area contributed by atoms with Crippen LogP contribution in [0.4, 0.5) is 5.82 Å². The van der Waals surface area contributed by atoms with E-state index in [0.717, 1.165) is 0 Å². The van der Waals surface area contributed by atoms with Crippen LogP contribution >= 0.6 is 11.3 Å². The standard InChI is InChI=1S/C13H15N3O4S/c1-7(17)14-4-2-5-15-12-9(13(19)20)10(18)11-8(16-12)3-6-21-11/h3,6H,2,4-5H2,1H3,(H,14,17)(H,19,20)(H2,15,16,18). The van der Waals surface area contributed by atoms with E-state index >= 15 is 0 Å². The number of rotatable bonds is 6. The molecule has 0 radical (unpaired) electrons. The molecule has 0 bridgehead atoms. The first-order valence-electron chi connectivity index (χ1n) is 6.35. The van der Waals surface area contributed by atoms with Crippen LogP contribution in [-0.4, -0.2) is 35.1 Å². The number of H-pyrrole nitrogens is 1. The molecule has 0 aliphatic carbocycles. The van der Waals surface area contributed by atoms with Gasteiger partial charge in [0.2, 0.25) is 11.3 Å². The number of amides is 1. The monoisotopic (exact) mass is 309 g/mol. The SMILES string of the molecule is CC(=O)NCCCNc1[nH]c2ccsc2c(=O)c1C(=O)O. The molecule has 112 valence electrons. The van der Waals surface area contributed by atoms with Crippen molar-refractivity contribution in [2.24, 2.45) is 0 Å². The van der Waals surface area contributed by atoms with Crippen LogP contribution in [0.15, 0.2) is 16.2 Å². The zero-order valence-corrected chi connectivity index (χ0v) is 12.2. The summed E-state index contributed by atoms with van der Waals surface area (Å²) >= 11 is 1.21. The van der Waals surface area contributed by atoms with E-state index in [4.69, 9.17) is 0 Å². The van der Waals surface area contributed by atoms with Gasteiger partial charge in [-0.3, -0.25) is 9.59 Å². The molecule has 0 saturated carbocycles. The first kappa shape index (κ1) is 15.0. The minimum atomic E-state index is -1.27. The molecule has 0 fully saturated rings. The van der Waals surface area contributed by atoms with Gasteiger partial charge in [-0.05, 0) is 17.9 Å². The number of carboxylic acids is 1. The van der Waals surface area contributed by atoms with Crippen molar-refractivity contribution < 1.29 is 14.7 Å². The molecule has 7 nitrogen and oxygen atoms in total. The zero-order valence-electron chi connectivity index (χ0n) is 11.4. The molecule has 8 heteroatoms. The zero-order chi connectivity index (χ0) is 15.4. The molecule has 0 atom stereocenters. The minimum Gasteiger partial charge on any atom is -0.477 e. The first-order chi connectivity index (χ1) is 10.0. The molecule has 21 heavy (non-hydrogen) atoms. The summed E-state index contributed by atoms with van der Waals surface area (Å²) in [6.07, 6.45) is 0.613. The van der Waals surface area contributed by atoms with Crippen molar-refractivity contribution in [1.29, 1.82) is 0 Å². The van der Waals surface area contributed by atoms with Crippen LogP contribution in [0.1, 0.15) is 23.7 Å². The fourth-order valence-corrected chi connectivity index (χ4v) is 2.71. The number of aromatic carboxylic acids is 1. The number of aromatic nitrogens is 1. The molecule has 4 N–H and O–H groups in total. The summed E-state index contributed by atoms with van der Waals surface area (Å²) in [5.41, 5.74) is -0.167. The highest BCUT2D eigenvalue weighted by molar-refractivity contribution is 7.17. The number of hydrogen-bond donors (Lipinski definition) is 4. The van der Waals surface area contributed by atoms with Crippen LogP contribution in [0.25, 0.3) is 10.2 Å². The number of carbonyl (C=O) groups is 2. The Hall–Kier alpha value is -2.35. The molecule has 2 heterocycles. The number of thiophene rings is 1. The minimum absolute atomic E-state index is 0.116. The van der Waals surface area contributed by atoms with E-state index in [1.165, 1.54) is 18.3 Å². The average molecular weight is 309 g/mol. The molecule has 0 unspecified atom stereocenters. The number of pyridine rings is 1. The predicted octanol–water partition coefficient (Wildman–Crippen LogP) is 1.23. The van der Waals surface area contributed by atoms with Crippen molar-refractivity contribution in [2.75, 3.05) is 18.4 Å². The van der Waals surface area contributed by atoms with Gasteiger partial charge in [-0.15, -0.1) is 11.3 Å². The highest BCUT2D eigenvalue weighted by Crippen LogP contribution is 2.20. The smallest absolute Gasteiger partial charge is 0.343 e. The Morgan fingerprint density at radius 1 is 1.38 bits per heavy atom. The van der Waals surface area contributed by atoms with E-state index in [-0.39, 0.29) is 17.3 Å². The Labute approximate surface area is 124 Å². The Kier molecular flexibility index (Phi) is 4.59. The third-order valence-corrected chi connectivity index (χ3v) is 3.76. The molecule has 2 aromatic rings. The van der Waals surface area contributed by atoms with Gasteiger partial charge in [0.25, 0.3) is 0 Å². The van der Waals surface area contributed by atoms with Crippen LogP contribution < -0.4 is 16.1 Å². The largest absolute Gasteiger partial charge is 0.477 e. The maximum absolute atomic E-state index is 12.1. The summed E-state index contributed by atoms with van der Waals surface area (Å²) in [7, 11) is 0. The van der Waals surface area contributed by atoms with Crippen LogP contribution in [0, 0.1) is 0 Å². The second kappa shape index (κ2) is 6.40. The van der Waals surface area contributed by atoms with E-state index in [1.807, 2.05) is 0 Å². The molecule has 2 aromatic heterocycles. The van der Waals surface area contributed by atoms with Crippen molar-refractivity contribution in [3.8, 4) is 0 Å². The molecule has 0 saturated heterocycles. The van der Waals surface area contributed by atoms with Gasteiger partial charge in [-0.25, -0.2) is 4.79 Å². The number of carbonyl (C=O) groups excluding carboxylic acids is 1. The number of hydrogen-bond acceptors (Lipinski definition) is 5. The lowest BCUT2D eigenvalue weighted by atomic mass is 10.2. The van der Waals surface area contributed by atoms with E-state index in [1.54, 1.807) is 11.4 Å². The lowest BCUT2D eigenvalue weighted by Crippen LogP contribution is -2.24. The summed E-state index contributed by atoms with van der Waals surface area (Å²) in [6.45, 7) is 2.35. The summed E-state index contributed by atoms with van der Waals surface area (Å²) in [6, 6.07) is 1.73. The Bertz CT molecular complexity index is 735. The number of anilines is 1. The molecule has 0 aromatic carbocycles. The van der Waals surface area contributed by atoms with Gasteiger partial charge < -0.3 is 20.7 Å². The lowest BCUT2D eigenvalue weighted by molar-refractivity contribution is -0.118. The Balaban J connectivity index is 2.18. The van der Waals surface area contributed by atoms with E-state index in [9.17, 15) is 19.5 Å². The van der Waals surface area contributed by atoms with Crippen molar-refractivity contribution in [1.82, 2.24) is 10.3 Å². The molecule has 0 aliphatic heterocycles. The van der Waals surface area contributed by atoms with Crippen molar-refractivity contribution in [3.63, 3.8) is 0 Å². The van der Waals surface area contributed by atoms with E-state index in [0.29, 0.717) is 29.7 Å². The van der Waals surface area contributed by atoms with Crippen LogP contribution in [-0.2, 0) is 4.79 Å². The molecular weight excluding hydrogens is 294 g/mol. The van der Waals surface area contributed by atoms with Gasteiger partial charge in [-0.1, -0.05) is 0 Å². The third-order valence-electron chi connectivity index (χ3n) is 2.85. The van der Waals surface area contributed by atoms with Crippen molar-refractivity contribution >= 4 is 39.2 Å². The maximum atomic E-state index is 12.1. The maximum Gasteiger partial charge on any atom is 0.343 e. The summed E-state index contributed by atoms with van der Waals surface area (Å²) in [5.74, 6) is -1.19. The predicted molar refractivity (Wildman–Crippen MR) is 81.2 cm³/mol.